The number of aliphatic hydroxyl groups is 1. The number of halogens is 1. The van der Waals surface area contributed by atoms with Gasteiger partial charge in [0.1, 0.15) is 0 Å². The lowest BCUT2D eigenvalue weighted by Crippen LogP contribution is -2.32. The van der Waals surface area contributed by atoms with Crippen LogP contribution in [0.4, 0.5) is 0 Å². The molecular weight excluding hydrogens is 238 g/mol. The number of rotatable bonds is 7. The van der Waals surface area contributed by atoms with Gasteiger partial charge in [0.15, 0.2) is 0 Å². The highest BCUT2D eigenvalue weighted by Crippen LogP contribution is 2.17. The van der Waals surface area contributed by atoms with E-state index < -0.39 is 6.10 Å². The van der Waals surface area contributed by atoms with Crippen molar-refractivity contribution < 1.29 is 9.84 Å². The van der Waals surface area contributed by atoms with Crippen LogP contribution in [0.25, 0.3) is 0 Å². The van der Waals surface area contributed by atoms with Gasteiger partial charge in [0, 0.05) is 24.2 Å². The van der Waals surface area contributed by atoms with Gasteiger partial charge in [0.25, 0.3) is 0 Å². The minimum atomic E-state index is -0.475. The van der Waals surface area contributed by atoms with Gasteiger partial charge in [-0.25, -0.2) is 0 Å². The van der Waals surface area contributed by atoms with Crippen LogP contribution in [-0.4, -0.2) is 31.0 Å². The number of benzene rings is 1. The summed E-state index contributed by atoms with van der Waals surface area (Å²) < 4.78 is 5.14. The molecule has 2 N–H and O–H groups in total. The third-order valence-corrected chi connectivity index (χ3v) is 2.76. The van der Waals surface area contributed by atoms with Crippen LogP contribution >= 0.6 is 11.6 Å². The summed E-state index contributed by atoms with van der Waals surface area (Å²) in [5.74, 6) is 0. The minimum absolute atomic E-state index is 0.157. The van der Waals surface area contributed by atoms with Crippen LogP contribution in [0, 0.1) is 0 Å². The molecule has 96 valence electrons. The predicted molar refractivity (Wildman–Crippen MR) is 70.4 cm³/mol. The van der Waals surface area contributed by atoms with Crippen LogP contribution in [0.3, 0.4) is 0 Å². The Balaban J connectivity index is 2.36. The largest absolute Gasteiger partial charge is 0.389 e. The zero-order valence-corrected chi connectivity index (χ0v) is 11.1. The molecular formula is C13H20ClNO2. The summed E-state index contributed by atoms with van der Waals surface area (Å²) in [6.45, 7) is 5.45. The lowest BCUT2D eigenvalue weighted by Gasteiger charge is -2.17. The van der Waals surface area contributed by atoms with Crippen molar-refractivity contribution in [3.8, 4) is 0 Å². The minimum Gasteiger partial charge on any atom is -0.389 e. The van der Waals surface area contributed by atoms with Crippen molar-refractivity contribution in [1.82, 2.24) is 5.32 Å². The van der Waals surface area contributed by atoms with E-state index in [0.29, 0.717) is 19.8 Å². The smallest absolute Gasteiger partial charge is 0.0897 e. The van der Waals surface area contributed by atoms with Crippen LogP contribution < -0.4 is 5.32 Å². The number of nitrogens with one attached hydrogen (secondary N) is 1. The molecule has 1 aromatic carbocycles. The van der Waals surface area contributed by atoms with Gasteiger partial charge >= 0.3 is 0 Å². The molecule has 0 saturated carbocycles. The molecule has 0 saturated heterocycles. The molecule has 3 nitrogen and oxygen atoms in total. The maximum absolute atomic E-state index is 9.62. The zero-order chi connectivity index (χ0) is 12.7. The molecule has 2 unspecified atom stereocenters. The summed E-state index contributed by atoms with van der Waals surface area (Å²) in [5, 5.41) is 13.6. The Hall–Kier alpha value is -0.610. The van der Waals surface area contributed by atoms with Crippen molar-refractivity contribution >= 4 is 11.6 Å². The summed E-state index contributed by atoms with van der Waals surface area (Å²) in [4.78, 5) is 0. The maximum atomic E-state index is 9.62. The maximum Gasteiger partial charge on any atom is 0.0897 e. The van der Waals surface area contributed by atoms with E-state index in [1.807, 2.05) is 38.1 Å². The molecule has 2 atom stereocenters. The van der Waals surface area contributed by atoms with Gasteiger partial charge in [0.2, 0.25) is 0 Å². The van der Waals surface area contributed by atoms with Crippen molar-refractivity contribution in [1.29, 1.82) is 0 Å². The van der Waals surface area contributed by atoms with Crippen LogP contribution in [-0.2, 0) is 4.74 Å². The van der Waals surface area contributed by atoms with E-state index in [9.17, 15) is 5.11 Å². The van der Waals surface area contributed by atoms with E-state index in [1.165, 1.54) is 0 Å². The van der Waals surface area contributed by atoms with Crippen molar-refractivity contribution in [2.75, 3.05) is 19.8 Å². The molecule has 4 heteroatoms. The highest BCUT2D eigenvalue weighted by atomic mass is 35.5. The van der Waals surface area contributed by atoms with Crippen LogP contribution in [0.2, 0.25) is 5.02 Å². The van der Waals surface area contributed by atoms with Gasteiger partial charge in [-0.2, -0.15) is 0 Å². The van der Waals surface area contributed by atoms with E-state index in [0.717, 1.165) is 10.6 Å². The summed E-state index contributed by atoms with van der Waals surface area (Å²) in [6.07, 6.45) is -0.475. The molecule has 0 radical (unpaired) electrons. The van der Waals surface area contributed by atoms with Crippen molar-refractivity contribution in [2.45, 2.75) is 26.0 Å². The van der Waals surface area contributed by atoms with Crippen LogP contribution in [0.1, 0.15) is 25.5 Å². The number of hydrogen-bond donors (Lipinski definition) is 2. The molecule has 0 spiro atoms. The Bertz CT molecular complexity index is 333. The van der Waals surface area contributed by atoms with Crippen LogP contribution in [0.15, 0.2) is 24.3 Å². The van der Waals surface area contributed by atoms with E-state index in [4.69, 9.17) is 16.3 Å². The molecule has 0 bridgehead atoms. The first-order valence-electron chi connectivity index (χ1n) is 5.88. The highest BCUT2D eigenvalue weighted by molar-refractivity contribution is 6.30. The molecule has 0 amide bonds. The van der Waals surface area contributed by atoms with E-state index in [-0.39, 0.29) is 6.04 Å². The van der Waals surface area contributed by atoms with Gasteiger partial charge < -0.3 is 15.2 Å². The quantitative estimate of drug-likeness (QED) is 0.788. The van der Waals surface area contributed by atoms with Crippen molar-refractivity contribution in [2.24, 2.45) is 0 Å². The first-order chi connectivity index (χ1) is 8.13. The Kier molecular flexibility index (Phi) is 6.52. The van der Waals surface area contributed by atoms with Gasteiger partial charge in [-0.1, -0.05) is 23.7 Å². The lowest BCUT2D eigenvalue weighted by atomic mass is 10.1. The van der Waals surface area contributed by atoms with E-state index in [2.05, 4.69) is 5.32 Å². The first-order valence-corrected chi connectivity index (χ1v) is 6.26. The molecule has 0 aromatic heterocycles. The Morgan fingerprint density at radius 3 is 2.88 bits per heavy atom. The molecule has 1 rings (SSSR count). The highest BCUT2D eigenvalue weighted by Gasteiger charge is 2.08. The van der Waals surface area contributed by atoms with Gasteiger partial charge in [-0.3, -0.25) is 0 Å². The summed E-state index contributed by atoms with van der Waals surface area (Å²) in [6, 6.07) is 7.87. The predicted octanol–water partition coefficient (Wildman–Crippen LogP) is 2.39. The second kappa shape index (κ2) is 7.67. The number of hydrogen-bond acceptors (Lipinski definition) is 3. The fourth-order valence-corrected chi connectivity index (χ4v) is 1.72. The molecule has 0 aliphatic heterocycles. The Morgan fingerprint density at radius 2 is 2.24 bits per heavy atom. The molecule has 0 aliphatic rings. The second-order valence-corrected chi connectivity index (χ2v) is 4.43. The first kappa shape index (κ1) is 14.5. The van der Waals surface area contributed by atoms with E-state index >= 15 is 0 Å². The molecule has 1 aromatic rings. The second-order valence-electron chi connectivity index (χ2n) is 4.00. The monoisotopic (exact) mass is 257 g/mol. The van der Waals surface area contributed by atoms with Crippen molar-refractivity contribution in [3.63, 3.8) is 0 Å². The summed E-state index contributed by atoms with van der Waals surface area (Å²) in [7, 11) is 0. The molecule has 0 aliphatic carbocycles. The van der Waals surface area contributed by atoms with Gasteiger partial charge in [0.05, 0.1) is 12.7 Å². The normalized spacial score (nSPS) is 14.6. The average Bonchev–Trinajstić information content (AvgIpc) is 2.33. The van der Waals surface area contributed by atoms with E-state index in [1.54, 1.807) is 0 Å². The zero-order valence-electron chi connectivity index (χ0n) is 10.3. The molecule has 17 heavy (non-hydrogen) atoms. The summed E-state index contributed by atoms with van der Waals surface area (Å²) >= 11 is 5.92. The fraction of sp³-hybridized carbons (Fsp3) is 0.538. The Labute approximate surface area is 108 Å². The molecule has 0 heterocycles. The Morgan fingerprint density at radius 1 is 1.47 bits per heavy atom. The van der Waals surface area contributed by atoms with Crippen molar-refractivity contribution in [3.05, 3.63) is 34.9 Å². The standard InChI is InChI=1S/C13H20ClNO2/c1-3-17-9-13(16)8-15-10(2)11-5-4-6-12(14)7-11/h4-7,10,13,15-16H,3,8-9H2,1-2H3. The SMILES string of the molecule is CCOCC(O)CNC(C)c1cccc(Cl)c1. The van der Waals surface area contributed by atoms with Gasteiger partial charge in [-0.05, 0) is 31.5 Å². The van der Waals surface area contributed by atoms with Gasteiger partial charge in [-0.15, -0.1) is 0 Å². The fourth-order valence-electron chi connectivity index (χ4n) is 1.52. The van der Waals surface area contributed by atoms with Crippen LogP contribution in [0.5, 0.6) is 0 Å². The topological polar surface area (TPSA) is 41.5 Å². The molecule has 0 fully saturated rings. The average molecular weight is 258 g/mol. The summed E-state index contributed by atoms with van der Waals surface area (Å²) in [5.41, 5.74) is 1.11. The third-order valence-electron chi connectivity index (χ3n) is 2.52. The third kappa shape index (κ3) is 5.50. The lowest BCUT2D eigenvalue weighted by molar-refractivity contribution is 0.0416. The number of ether oxygens (including phenoxy) is 1. The number of aliphatic hydroxyl groups excluding tert-OH is 1.